The third-order valence-corrected chi connectivity index (χ3v) is 5.54. The minimum absolute atomic E-state index is 0.264. The second-order valence-electron chi connectivity index (χ2n) is 6.19. The van der Waals surface area contributed by atoms with Crippen LogP contribution >= 0.6 is 0 Å². The Labute approximate surface area is 129 Å². The van der Waals surface area contributed by atoms with Gasteiger partial charge in [0.2, 0.25) is 0 Å². The van der Waals surface area contributed by atoms with Gasteiger partial charge < -0.3 is 5.32 Å². The highest BCUT2D eigenvalue weighted by atomic mass is 32.2. The highest BCUT2D eigenvalue weighted by Gasteiger charge is 2.20. The zero-order valence-corrected chi connectivity index (χ0v) is 14.0. The quantitative estimate of drug-likeness (QED) is 0.871. The van der Waals surface area contributed by atoms with Gasteiger partial charge in [-0.1, -0.05) is 51.2 Å². The van der Waals surface area contributed by atoms with Crippen molar-refractivity contribution in [3.63, 3.8) is 0 Å². The molecule has 1 saturated carbocycles. The summed E-state index contributed by atoms with van der Waals surface area (Å²) in [7, 11) is -3.13. The fourth-order valence-electron chi connectivity index (χ4n) is 3.30. The molecule has 1 atom stereocenters. The summed E-state index contributed by atoms with van der Waals surface area (Å²) in [5.41, 5.74) is 1.10. The maximum absolute atomic E-state index is 11.7. The molecule has 1 N–H and O–H groups in total. The first-order valence-electron chi connectivity index (χ1n) is 8.04. The number of sulfone groups is 1. The molecule has 2 rings (SSSR count). The van der Waals surface area contributed by atoms with Crippen LogP contribution in [0, 0.1) is 5.92 Å². The van der Waals surface area contributed by atoms with Gasteiger partial charge in [0.15, 0.2) is 9.84 Å². The van der Waals surface area contributed by atoms with Crippen LogP contribution in [0.3, 0.4) is 0 Å². The van der Waals surface area contributed by atoms with Crippen LogP contribution in [0.25, 0.3) is 0 Å². The van der Waals surface area contributed by atoms with E-state index < -0.39 is 9.84 Å². The molecule has 0 bridgehead atoms. The molecule has 0 aromatic heterocycles. The molecule has 1 aromatic rings. The van der Waals surface area contributed by atoms with Crippen LogP contribution < -0.4 is 5.32 Å². The van der Waals surface area contributed by atoms with Crippen LogP contribution in [0.1, 0.15) is 57.1 Å². The van der Waals surface area contributed by atoms with Crippen LogP contribution in [0.15, 0.2) is 29.2 Å². The number of hydrogen-bond donors (Lipinski definition) is 1. The van der Waals surface area contributed by atoms with Crippen LogP contribution in [-0.4, -0.2) is 21.2 Å². The third kappa shape index (κ3) is 4.82. The first-order chi connectivity index (χ1) is 10.0. The van der Waals surface area contributed by atoms with Gasteiger partial charge in [0.25, 0.3) is 0 Å². The van der Waals surface area contributed by atoms with E-state index >= 15 is 0 Å². The van der Waals surface area contributed by atoms with Crippen molar-refractivity contribution in [3.05, 3.63) is 29.8 Å². The number of benzene rings is 1. The molecule has 0 spiro atoms. The van der Waals surface area contributed by atoms with E-state index in [9.17, 15) is 8.42 Å². The van der Waals surface area contributed by atoms with E-state index in [0.717, 1.165) is 24.4 Å². The lowest BCUT2D eigenvalue weighted by Gasteiger charge is -2.27. The minimum atomic E-state index is -3.13. The zero-order chi connectivity index (χ0) is 15.3. The predicted octanol–water partition coefficient (Wildman–Crippen LogP) is 3.71. The highest BCUT2D eigenvalue weighted by molar-refractivity contribution is 7.90. The van der Waals surface area contributed by atoms with Crippen molar-refractivity contribution in [3.8, 4) is 0 Å². The maximum Gasteiger partial charge on any atom is 0.175 e. The monoisotopic (exact) mass is 309 g/mol. The Balaban J connectivity index is 2.17. The van der Waals surface area contributed by atoms with Gasteiger partial charge in [-0.15, -0.1) is 0 Å². The molecule has 0 radical (unpaired) electrons. The number of hydrogen-bond acceptors (Lipinski definition) is 3. The fourth-order valence-corrected chi connectivity index (χ4v) is 3.98. The van der Waals surface area contributed by atoms with Crippen molar-refractivity contribution in [2.75, 3.05) is 12.8 Å². The van der Waals surface area contributed by atoms with E-state index in [2.05, 4.69) is 12.2 Å². The second-order valence-corrected chi connectivity index (χ2v) is 8.21. The molecule has 3 nitrogen and oxygen atoms in total. The molecule has 1 unspecified atom stereocenters. The average Bonchev–Trinajstić information content (AvgIpc) is 2.47. The molecule has 1 aromatic carbocycles. The van der Waals surface area contributed by atoms with Gasteiger partial charge in [-0.2, -0.15) is 0 Å². The molecule has 0 heterocycles. The Morgan fingerprint density at radius 3 is 2.57 bits per heavy atom. The average molecular weight is 309 g/mol. The summed E-state index contributed by atoms with van der Waals surface area (Å²) < 4.78 is 23.5. The highest BCUT2D eigenvalue weighted by Crippen LogP contribution is 2.32. The summed E-state index contributed by atoms with van der Waals surface area (Å²) in [6.07, 6.45) is 9.06. The molecule has 0 saturated heterocycles. The lowest BCUT2D eigenvalue weighted by atomic mass is 9.83. The summed E-state index contributed by atoms with van der Waals surface area (Å²) in [6, 6.07) is 7.69. The zero-order valence-electron chi connectivity index (χ0n) is 13.1. The van der Waals surface area contributed by atoms with Gasteiger partial charge in [0.1, 0.15) is 0 Å². The summed E-state index contributed by atoms with van der Waals surface area (Å²) in [4.78, 5) is 0.423. The normalized spacial score (nSPS) is 18.6. The molecular weight excluding hydrogens is 282 g/mol. The molecular formula is C17H27NO2S. The van der Waals surface area contributed by atoms with E-state index in [4.69, 9.17) is 0 Å². The number of rotatable bonds is 6. The van der Waals surface area contributed by atoms with Crippen molar-refractivity contribution in [2.24, 2.45) is 5.92 Å². The molecule has 0 aliphatic heterocycles. The Kier molecular flexibility index (Phi) is 5.82. The SMILES string of the molecule is CCNC(CC1CCCCC1)c1cccc(S(C)(=O)=O)c1. The van der Waals surface area contributed by atoms with Crippen molar-refractivity contribution < 1.29 is 8.42 Å². The Morgan fingerprint density at radius 2 is 1.95 bits per heavy atom. The molecule has 4 heteroatoms. The molecule has 118 valence electrons. The van der Waals surface area contributed by atoms with Gasteiger partial charge in [0, 0.05) is 12.3 Å². The minimum Gasteiger partial charge on any atom is -0.310 e. The van der Waals surface area contributed by atoms with Crippen LogP contribution in [-0.2, 0) is 9.84 Å². The van der Waals surface area contributed by atoms with Gasteiger partial charge in [-0.25, -0.2) is 8.42 Å². The van der Waals surface area contributed by atoms with Gasteiger partial charge in [0.05, 0.1) is 4.90 Å². The summed E-state index contributed by atoms with van der Waals surface area (Å²) in [5, 5.41) is 3.53. The van der Waals surface area contributed by atoms with Gasteiger partial charge in [-0.3, -0.25) is 0 Å². The molecule has 21 heavy (non-hydrogen) atoms. The smallest absolute Gasteiger partial charge is 0.175 e. The molecule has 1 aliphatic carbocycles. The lowest BCUT2D eigenvalue weighted by molar-refractivity contribution is 0.301. The summed E-state index contributed by atoms with van der Waals surface area (Å²) >= 11 is 0. The van der Waals surface area contributed by atoms with Crippen molar-refractivity contribution in [1.29, 1.82) is 0 Å². The predicted molar refractivity (Wildman–Crippen MR) is 87.2 cm³/mol. The summed E-state index contributed by atoms with van der Waals surface area (Å²) in [5.74, 6) is 0.768. The Morgan fingerprint density at radius 1 is 1.24 bits per heavy atom. The van der Waals surface area contributed by atoms with E-state index in [-0.39, 0.29) is 6.04 Å². The van der Waals surface area contributed by atoms with Gasteiger partial charge >= 0.3 is 0 Å². The summed E-state index contributed by atoms with van der Waals surface area (Å²) in [6.45, 7) is 3.01. The van der Waals surface area contributed by atoms with Crippen LogP contribution in [0.5, 0.6) is 0 Å². The Hall–Kier alpha value is -0.870. The van der Waals surface area contributed by atoms with Gasteiger partial charge in [-0.05, 0) is 36.6 Å². The Bertz CT molecular complexity index is 548. The standard InChI is InChI=1S/C17H27NO2S/c1-3-18-17(12-14-8-5-4-6-9-14)15-10-7-11-16(13-15)21(2,19)20/h7,10-11,13-14,17-18H,3-6,8-9,12H2,1-2H3. The second kappa shape index (κ2) is 7.41. The van der Waals surface area contributed by atoms with Crippen LogP contribution in [0.4, 0.5) is 0 Å². The topological polar surface area (TPSA) is 46.2 Å². The van der Waals surface area contributed by atoms with Crippen molar-refractivity contribution >= 4 is 9.84 Å². The first kappa shape index (κ1) is 16.5. The van der Waals surface area contributed by atoms with Crippen molar-refractivity contribution in [1.82, 2.24) is 5.32 Å². The van der Waals surface area contributed by atoms with Crippen LogP contribution in [0.2, 0.25) is 0 Å². The molecule has 1 fully saturated rings. The third-order valence-electron chi connectivity index (χ3n) is 4.43. The first-order valence-corrected chi connectivity index (χ1v) is 9.93. The lowest BCUT2D eigenvalue weighted by Crippen LogP contribution is -2.24. The van der Waals surface area contributed by atoms with Crippen molar-refractivity contribution in [2.45, 2.75) is 56.4 Å². The maximum atomic E-state index is 11.7. The molecule has 1 aliphatic rings. The van der Waals surface area contributed by atoms with E-state index in [1.165, 1.54) is 38.4 Å². The largest absolute Gasteiger partial charge is 0.310 e. The van der Waals surface area contributed by atoms with E-state index in [1.807, 2.05) is 18.2 Å². The van der Waals surface area contributed by atoms with E-state index in [1.54, 1.807) is 6.07 Å². The fraction of sp³-hybridized carbons (Fsp3) is 0.647. The molecule has 0 amide bonds. The van der Waals surface area contributed by atoms with E-state index in [0.29, 0.717) is 4.90 Å². The number of nitrogens with one attached hydrogen (secondary N) is 1.